The zero-order valence-corrected chi connectivity index (χ0v) is 21.3. The van der Waals surface area contributed by atoms with Crippen molar-refractivity contribution in [3.63, 3.8) is 0 Å². The molecular formula is C28H32FN3O5. The van der Waals surface area contributed by atoms with Crippen LogP contribution in [0.5, 0.6) is 11.5 Å². The number of pyridine rings is 1. The van der Waals surface area contributed by atoms with Gasteiger partial charge in [-0.15, -0.1) is 0 Å². The summed E-state index contributed by atoms with van der Waals surface area (Å²) in [6.45, 7) is 6.25. The van der Waals surface area contributed by atoms with E-state index >= 15 is 0 Å². The molecule has 0 saturated carbocycles. The molecule has 2 heterocycles. The molecule has 0 unspecified atom stereocenters. The summed E-state index contributed by atoms with van der Waals surface area (Å²) in [7, 11) is 1.58. The molecule has 1 fully saturated rings. The number of carbonyl (C=O) groups is 2. The first kappa shape index (κ1) is 26.5. The molecule has 4 rings (SSSR count). The first-order valence-electron chi connectivity index (χ1n) is 12.5. The fraction of sp³-hybridized carbons (Fsp3) is 0.393. The molecule has 37 heavy (non-hydrogen) atoms. The Morgan fingerprint density at radius 3 is 2.59 bits per heavy atom. The normalized spacial score (nSPS) is 15.5. The predicted octanol–water partition coefficient (Wildman–Crippen LogP) is 4.22. The number of nitrogens with zero attached hydrogens (tertiary/aromatic N) is 2. The van der Waals surface area contributed by atoms with Gasteiger partial charge in [-0.05, 0) is 69.6 Å². The molecule has 1 saturated heterocycles. The predicted molar refractivity (Wildman–Crippen MR) is 138 cm³/mol. The molecule has 1 aliphatic heterocycles. The van der Waals surface area contributed by atoms with Gasteiger partial charge in [-0.25, -0.2) is 14.2 Å². The van der Waals surface area contributed by atoms with Crippen LogP contribution in [0.1, 0.15) is 47.5 Å². The maximum absolute atomic E-state index is 13.8. The topological polar surface area (TPSA) is 90.0 Å². The number of rotatable bonds is 9. The maximum Gasteiger partial charge on any atom is 0.343 e. The maximum atomic E-state index is 13.8. The molecular weight excluding hydrogens is 477 g/mol. The van der Waals surface area contributed by atoms with Gasteiger partial charge in [-0.3, -0.25) is 4.79 Å². The standard InChI is InChI=1S/C28H32FN3O5/c1-18(2)32(21-6-5-13-30-17-21)27(33)23-16-25(36-15-14-35-3)22-7-4-8-24(26(22)31-23)37-28(34)19-9-11-20(29)12-10-19/h4,7-12,16,18,21,30H,5-6,13-15,17H2,1-3H3/t21-/m1/s1. The number of aromatic nitrogens is 1. The molecule has 0 spiro atoms. The molecule has 1 atom stereocenters. The summed E-state index contributed by atoms with van der Waals surface area (Å²) < 4.78 is 30.0. The van der Waals surface area contributed by atoms with Crippen molar-refractivity contribution in [1.29, 1.82) is 0 Å². The van der Waals surface area contributed by atoms with Crippen LogP contribution in [-0.4, -0.2) is 67.3 Å². The lowest BCUT2D eigenvalue weighted by molar-refractivity contribution is 0.0567. The molecule has 196 valence electrons. The van der Waals surface area contributed by atoms with Crippen LogP contribution in [0.25, 0.3) is 10.9 Å². The molecule has 1 aromatic heterocycles. The van der Waals surface area contributed by atoms with E-state index in [1.807, 2.05) is 18.7 Å². The molecule has 9 heteroatoms. The second-order valence-electron chi connectivity index (χ2n) is 9.20. The number of ether oxygens (including phenoxy) is 3. The number of para-hydroxylation sites is 1. The van der Waals surface area contributed by atoms with Gasteiger partial charge in [0.05, 0.1) is 12.2 Å². The zero-order chi connectivity index (χ0) is 26.4. The third kappa shape index (κ3) is 6.23. The van der Waals surface area contributed by atoms with Gasteiger partial charge in [0.25, 0.3) is 5.91 Å². The Balaban J connectivity index is 1.75. The zero-order valence-electron chi connectivity index (χ0n) is 21.3. The molecule has 8 nitrogen and oxygen atoms in total. The van der Waals surface area contributed by atoms with Crippen molar-refractivity contribution in [3.05, 3.63) is 65.6 Å². The van der Waals surface area contributed by atoms with Gasteiger partial charge in [0.15, 0.2) is 5.75 Å². The summed E-state index contributed by atoms with van der Waals surface area (Å²) in [5.41, 5.74) is 0.712. The Labute approximate surface area is 215 Å². The number of halogens is 1. The van der Waals surface area contributed by atoms with Crippen LogP contribution in [0.2, 0.25) is 0 Å². The van der Waals surface area contributed by atoms with Gasteiger partial charge < -0.3 is 24.4 Å². The van der Waals surface area contributed by atoms with Crippen LogP contribution in [0.3, 0.4) is 0 Å². The second kappa shape index (κ2) is 12.1. The molecule has 2 aromatic carbocycles. The Hall–Kier alpha value is -3.56. The number of fused-ring (bicyclic) bond motifs is 1. The van der Waals surface area contributed by atoms with Gasteiger partial charge in [-0.1, -0.05) is 6.07 Å². The van der Waals surface area contributed by atoms with Crippen LogP contribution >= 0.6 is 0 Å². The minimum Gasteiger partial charge on any atom is -0.490 e. The minimum absolute atomic E-state index is 0.0423. The van der Waals surface area contributed by atoms with Crippen molar-refractivity contribution in [2.24, 2.45) is 0 Å². The number of carbonyl (C=O) groups excluding carboxylic acids is 2. The van der Waals surface area contributed by atoms with Crippen molar-refractivity contribution in [2.45, 2.75) is 38.8 Å². The van der Waals surface area contributed by atoms with Gasteiger partial charge in [0, 0.05) is 37.2 Å². The number of hydrogen-bond donors (Lipinski definition) is 1. The van der Waals surface area contributed by atoms with Gasteiger partial charge in [0.1, 0.15) is 29.4 Å². The van der Waals surface area contributed by atoms with Crippen LogP contribution < -0.4 is 14.8 Å². The lowest BCUT2D eigenvalue weighted by Crippen LogP contribution is -2.51. The third-order valence-electron chi connectivity index (χ3n) is 6.27. The van der Waals surface area contributed by atoms with Crippen molar-refractivity contribution < 1.29 is 28.2 Å². The van der Waals surface area contributed by atoms with Crippen LogP contribution in [-0.2, 0) is 4.74 Å². The monoisotopic (exact) mass is 509 g/mol. The average molecular weight is 510 g/mol. The lowest BCUT2D eigenvalue weighted by Gasteiger charge is -2.37. The van der Waals surface area contributed by atoms with Crippen LogP contribution in [0, 0.1) is 5.82 Å². The van der Waals surface area contributed by atoms with E-state index in [-0.39, 0.29) is 41.6 Å². The molecule has 1 amide bonds. The summed E-state index contributed by atoms with van der Waals surface area (Å²) in [5, 5.41) is 3.96. The van der Waals surface area contributed by atoms with Crippen molar-refractivity contribution in [1.82, 2.24) is 15.2 Å². The van der Waals surface area contributed by atoms with Gasteiger partial charge in [0.2, 0.25) is 0 Å². The summed E-state index contributed by atoms with van der Waals surface area (Å²) in [6.07, 6.45) is 1.89. The van der Waals surface area contributed by atoms with Crippen LogP contribution in [0.15, 0.2) is 48.5 Å². The second-order valence-corrected chi connectivity index (χ2v) is 9.20. The van der Waals surface area contributed by atoms with Crippen LogP contribution in [0.4, 0.5) is 4.39 Å². The van der Waals surface area contributed by atoms with E-state index in [0.717, 1.165) is 25.9 Å². The number of piperidine rings is 1. The molecule has 1 N–H and O–H groups in total. The highest BCUT2D eigenvalue weighted by Crippen LogP contribution is 2.33. The summed E-state index contributed by atoms with van der Waals surface area (Å²) in [4.78, 5) is 33.1. The molecule has 1 aliphatic rings. The van der Waals surface area contributed by atoms with E-state index in [1.165, 1.54) is 24.3 Å². The smallest absolute Gasteiger partial charge is 0.343 e. The number of benzene rings is 2. The third-order valence-corrected chi connectivity index (χ3v) is 6.27. The number of nitrogens with one attached hydrogen (secondary N) is 1. The van der Waals surface area contributed by atoms with Crippen molar-refractivity contribution in [2.75, 3.05) is 33.4 Å². The minimum atomic E-state index is -0.662. The van der Waals surface area contributed by atoms with E-state index in [0.29, 0.717) is 23.3 Å². The number of hydrogen-bond acceptors (Lipinski definition) is 7. The highest BCUT2D eigenvalue weighted by Gasteiger charge is 2.30. The van der Waals surface area contributed by atoms with Crippen molar-refractivity contribution in [3.8, 4) is 11.5 Å². The lowest BCUT2D eigenvalue weighted by atomic mass is 10.0. The fourth-order valence-electron chi connectivity index (χ4n) is 4.51. The molecule has 0 bridgehead atoms. The summed E-state index contributed by atoms with van der Waals surface area (Å²) in [5.74, 6) is -0.719. The highest BCUT2D eigenvalue weighted by molar-refractivity contribution is 6.00. The van der Waals surface area contributed by atoms with Crippen molar-refractivity contribution >= 4 is 22.8 Å². The largest absolute Gasteiger partial charge is 0.490 e. The number of esters is 1. The van der Waals surface area contributed by atoms with E-state index < -0.39 is 11.8 Å². The number of methoxy groups -OCH3 is 1. The summed E-state index contributed by atoms with van der Waals surface area (Å²) >= 11 is 0. The molecule has 0 aliphatic carbocycles. The quantitative estimate of drug-likeness (QED) is 0.262. The Bertz CT molecular complexity index is 1240. The molecule has 0 radical (unpaired) electrons. The first-order valence-corrected chi connectivity index (χ1v) is 12.5. The average Bonchev–Trinajstić information content (AvgIpc) is 2.90. The van der Waals surface area contributed by atoms with E-state index in [2.05, 4.69) is 10.3 Å². The van der Waals surface area contributed by atoms with E-state index in [9.17, 15) is 14.0 Å². The van der Waals surface area contributed by atoms with Gasteiger partial charge in [-0.2, -0.15) is 0 Å². The van der Waals surface area contributed by atoms with E-state index in [4.69, 9.17) is 14.2 Å². The number of amides is 1. The fourth-order valence-corrected chi connectivity index (χ4v) is 4.51. The summed E-state index contributed by atoms with van der Waals surface area (Å²) in [6, 6.07) is 11.8. The van der Waals surface area contributed by atoms with E-state index in [1.54, 1.807) is 31.4 Å². The Morgan fingerprint density at radius 2 is 1.92 bits per heavy atom. The highest BCUT2D eigenvalue weighted by atomic mass is 19.1. The van der Waals surface area contributed by atoms with Gasteiger partial charge >= 0.3 is 5.97 Å². The molecule has 3 aromatic rings. The Morgan fingerprint density at radius 1 is 1.14 bits per heavy atom. The SMILES string of the molecule is COCCOc1cc(C(=O)N(C(C)C)[C@@H]2CCCNC2)nc2c(OC(=O)c3ccc(F)cc3)cccc12. The first-order chi connectivity index (χ1) is 17.9. The Kier molecular flexibility index (Phi) is 8.68.